The lowest BCUT2D eigenvalue weighted by molar-refractivity contribution is 0.506. The van der Waals surface area contributed by atoms with Gasteiger partial charge in [-0.15, -0.1) is 11.8 Å². The molecule has 0 aliphatic rings. The van der Waals surface area contributed by atoms with Gasteiger partial charge < -0.3 is 5.32 Å². The van der Waals surface area contributed by atoms with Crippen LogP contribution in [0.3, 0.4) is 0 Å². The van der Waals surface area contributed by atoms with Crippen LogP contribution < -0.4 is 5.32 Å². The Morgan fingerprint density at radius 1 is 1.05 bits per heavy atom. The van der Waals surface area contributed by atoms with Crippen molar-refractivity contribution >= 4 is 11.8 Å². The molecule has 4 heteroatoms. The van der Waals surface area contributed by atoms with E-state index in [0.717, 1.165) is 17.2 Å². The Hall–Kier alpha value is -1.39. The van der Waals surface area contributed by atoms with E-state index in [9.17, 15) is 8.78 Å². The monoisotopic (exact) mass is 307 g/mol. The van der Waals surface area contributed by atoms with Gasteiger partial charge in [-0.05, 0) is 37.2 Å². The van der Waals surface area contributed by atoms with Crippen molar-refractivity contribution < 1.29 is 8.78 Å². The van der Waals surface area contributed by atoms with E-state index in [-0.39, 0.29) is 6.04 Å². The predicted octanol–water partition coefficient (Wildman–Crippen LogP) is 4.72. The number of hydrogen-bond acceptors (Lipinski definition) is 2. The molecular weight excluding hydrogens is 288 g/mol. The van der Waals surface area contributed by atoms with Crippen molar-refractivity contribution in [1.29, 1.82) is 0 Å². The van der Waals surface area contributed by atoms with Crippen LogP contribution in [0.15, 0.2) is 47.4 Å². The minimum Gasteiger partial charge on any atom is -0.309 e. The van der Waals surface area contributed by atoms with E-state index in [1.54, 1.807) is 6.07 Å². The first-order chi connectivity index (χ1) is 10.1. The minimum absolute atomic E-state index is 0.189. The molecule has 0 aliphatic heterocycles. The summed E-state index contributed by atoms with van der Waals surface area (Å²) in [5.74, 6) is -0.835. The van der Waals surface area contributed by atoms with Gasteiger partial charge in [0.15, 0.2) is 11.6 Å². The van der Waals surface area contributed by atoms with Gasteiger partial charge in [-0.1, -0.05) is 36.8 Å². The van der Waals surface area contributed by atoms with Crippen LogP contribution in [-0.4, -0.2) is 12.3 Å². The SMILES string of the molecule is CCNC(CSc1ccc(F)c(F)c1)c1ccc(C)cc1. The van der Waals surface area contributed by atoms with Gasteiger partial charge in [-0.2, -0.15) is 0 Å². The summed E-state index contributed by atoms with van der Waals surface area (Å²) in [7, 11) is 0. The van der Waals surface area contributed by atoms with Gasteiger partial charge >= 0.3 is 0 Å². The lowest BCUT2D eigenvalue weighted by Gasteiger charge is -2.18. The van der Waals surface area contributed by atoms with Crippen molar-refractivity contribution in [1.82, 2.24) is 5.32 Å². The van der Waals surface area contributed by atoms with Crippen molar-refractivity contribution in [3.05, 3.63) is 65.2 Å². The van der Waals surface area contributed by atoms with E-state index in [2.05, 4.69) is 43.4 Å². The number of halogens is 2. The second-order valence-corrected chi connectivity index (χ2v) is 6.00. The zero-order valence-electron chi connectivity index (χ0n) is 12.2. The largest absolute Gasteiger partial charge is 0.309 e. The first-order valence-electron chi connectivity index (χ1n) is 6.98. The molecule has 21 heavy (non-hydrogen) atoms. The Morgan fingerprint density at radius 3 is 2.38 bits per heavy atom. The van der Waals surface area contributed by atoms with E-state index in [1.165, 1.54) is 35.0 Å². The van der Waals surface area contributed by atoms with E-state index in [1.807, 2.05) is 0 Å². The van der Waals surface area contributed by atoms with E-state index in [0.29, 0.717) is 0 Å². The molecule has 0 saturated carbocycles. The Morgan fingerprint density at radius 2 is 1.76 bits per heavy atom. The summed E-state index contributed by atoms with van der Waals surface area (Å²) >= 11 is 1.52. The van der Waals surface area contributed by atoms with Crippen molar-refractivity contribution in [2.75, 3.05) is 12.3 Å². The quantitative estimate of drug-likeness (QED) is 0.775. The van der Waals surface area contributed by atoms with Gasteiger partial charge in [0.2, 0.25) is 0 Å². The summed E-state index contributed by atoms with van der Waals surface area (Å²) in [4.78, 5) is 0.740. The number of nitrogens with one attached hydrogen (secondary N) is 1. The Labute approximate surface area is 128 Å². The molecule has 2 rings (SSSR count). The fraction of sp³-hybridized carbons (Fsp3) is 0.294. The van der Waals surface area contributed by atoms with E-state index < -0.39 is 11.6 Å². The Bertz CT molecular complexity index is 584. The third-order valence-corrected chi connectivity index (χ3v) is 4.33. The highest BCUT2D eigenvalue weighted by molar-refractivity contribution is 7.99. The molecule has 0 spiro atoms. The lowest BCUT2D eigenvalue weighted by Crippen LogP contribution is -2.22. The fourth-order valence-electron chi connectivity index (χ4n) is 2.06. The highest BCUT2D eigenvalue weighted by atomic mass is 32.2. The number of aryl methyl sites for hydroxylation is 1. The highest BCUT2D eigenvalue weighted by Crippen LogP contribution is 2.26. The minimum atomic E-state index is -0.805. The molecule has 1 nitrogen and oxygen atoms in total. The summed E-state index contributed by atoms with van der Waals surface area (Å²) < 4.78 is 26.1. The topological polar surface area (TPSA) is 12.0 Å². The summed E-state index contributed by atoms with van der Waals surface area (Å²) in [5.41, 5.74) is 2.43. The maximum atomic E-state index is 13.2. The van der Waals surface area contributed by atoms with Crippen LogP contribution >= 0.6 is 11.8 Å². The fourth-order valence-corrected chi connectivity index (χ4v) is 3.08. The first-order valence-corrected chi connectivity index (χ1v) is 7.96. The van der Waals surface area contributed by atoms with Crippen molar-refractivity contribution in [2.45, 2.75) is 24.8 Å². The molecule has 1 atom stereocenters. The molecule has 0 heterocycles. The summed E-state index contributed by atoms with van der Waals surface area (Å²) in [6.45, 7) is 4.97. The number of hydrogen-bond donors (Lipinski definition) is 1. The zero-order valence-corrected chi connectivity index (χ0v) is 13.0. The van der Waals surface area contributed by atoms with Gasteiger partial charge in [-0.25, -0.2) is 8.78 Å². The summed E-state index contributed by atoms with van der Waals surface area (Å²) in [5, 5.41) is 3.43. The van der Waals surface area contributed by atoms with Crippen LogP contribution in [-0.2, 0) is 0 Å². The second kappa shape index (κ2) is 7.57. The maximum absolute atomic E-state index is 13.2. The van der Waals surface area contributed by atoms with Gasteiger partial charge in [0.05, 0.1) is 0 Å². The van der Waals surface area contributed by atoms with E-state index >= 15 is 0 Å². The molecule has 0 aromatic heterocycles. The van der Waals surface area contributed by atoms with Crippen LogP contribution in [0.25, 0.3) is 0 Å². The molecule has 2 aromatic carbocycles. The Balaban J connectivity index is 2.05. The normalized spacial score (nSPS) is 12.4. The Kier molecular flexibility index (Phi) is 5.76. The van der Waals surface area contributed by atoms with Crippen LogP contribution in [0.2, 0.25) is 0 Å². The average molecular weight is 307 g/mol. The smallest absolute Gasteiger partial charge is 0.159 e. The standard InChI is InChI=1S/C17H19F2NS/c1-3-20-17(13-6-4-12(2)5-7-13)11-21-14-8-9-15(18)16(19)10-14/h4-10,17,20H,3,11H2,1-2H3. The third-order valence-electron chi connectivity index (χ3n) is 3.24. The molecule has 0 aliphatic carbocycles. The molecule has 1 N–H and O–H groups in total. The van der Waals surface area contributed by atoms with Crippen LogP contribution in [0.4, 0.5) is 8.78 Å². The van der Waals surface area contributed by atoms with Gasteiger partial charge in [0.1, 0.15) is 0 Å². The van der Waals surface area contributed by atoms with Crippen LogP contribution in [0.5, 0.6) is 0 Å². The van der Waals surface area contributed by atoms with Gasteiger partial charge in [0, 0.05) is 16.7 Å². The average Bonchev–Trinajstić information content (AvgIpc) is 2.48. The molecule has 112 valence electrons. The second-order valence-electron chi connectivity index (χ2n) is 4.91. The van der Waals surface area contributed by atoms with Crippen molar-refractivity contribution in [2.24, 2.45) is 0 Å². The molecule has 0 amide bonds. The molecule has 0 fully saturated rings. The van der Waals surface area contributed by atoms with Crippen LogP contribution in [0, 0.1) is 18.6 Å². The number of benzene rings is 2. The molecule has 0 radical (unpaired) electrons. The zero-order chi connectivity index (χ0) is 15.2. The van der Waals surface area contributed by atoms with Crippen molar-refractivity contribution in [3.8, 4) is 0 Å². The number of rotatable bonds is 6. The van der Waals surface area contributed by atoms with Gasteiger partial charge in [0.25, 0.3) is 0 Å². The maximum Gasteiger partial charge on any atom is 0.159 e. The highest BCUT2D eigenvalue weighted by Gasteiger charge is 2.11. The van der Waals surface area contributed by atoms with Gasteiger partial charge in [-0.3, -0.25) is 0 Å². The molecule has 2 aromatic rings. The van der Waals surface area contributed by atoms with E-state index in [4.69, 9.17) is 0 Å². The van der Waals surface area contributed by atoms with Crippen LogP contribution in [0.1, 0.15) is 24.1 Å². The summed E-state index contributed by atoms with van der Waals surface area (Å²) in [6.07, 6.45) is 0. The number of thioether (sulfide) groups is 1. The molecule has 1 unspecified atom stereocenters. The first kappa shape index (κ1) is 16.0. The molecule has 0 saturated heterocycles. The van der Waals surface area contributed by atoms with Crippen molar-refractivity contribution in [3.63, 3.8) is 0 Å². The third kappa shape index (κ3) is 4.55. The summed E-state index contributed by atoms with van der Waals surface area (Å²) in [6, 6.07) is 12.6. The lowest BCUT2D eigenvalue weighted by atomic mass is 10.1. The molecule has 0 bridgehead atoms. The molecular formula is C17H19F2NS. The predicted molar refractivity (Wildman–Crippen MR) is 84.7 cm³/mol.